The van der Waals surface area contributed by atoms with Gasteiger partial charge in [-0.1, -0.05) is 73.7 Å². The SMILES string of the molecule is Cc1c(C(N)=O)ccc(C(C)P(c2ccccc2)c2ccccc2)c1C. The number of rotatable bonds is 5. The van der Waals surface area contributed by atoms with Gasteiger partial charge in [-0.3, -0.25) is 4.79 Å². The van der Waals surface area contributed by atoms with Gasteiger partial charge in [0.05, 0.1) is 0 Å². The summed E-state index contributed by atoms with van der Waals surface area (Å²) in [7, 11) is -0.558. The molecule has 3 heteroatoms. The van der Waals surface area contributed by atoms with Crippen molar-refractivity contribution in [2.45, 2.75) is 26.4 Å². The summed E-state index contributed by atoms with van der Waals surface area (Å²) in [5.74, 6) is -0.363. The van der Waals surface area contributed by atoms with Gasteiger partial charge in [0.25, 0.3) is 0 Å². The fourth-order valence-electron chi connectivity index (χ4n) is 3.47. The molecule has 0 aliphatic heterocycles. The number of amides is 1. The Morgan fingerprint density at radius 2 is 1.31 bits per heavy atom. The third-order valence-corrected chi connectivity index (χ3v) is 7.76. The Morgan fingerprint density at radius 3 is 1.77 bits per heavy atom. The minimum Gasteiger partial charge on any atom is -0.366 e. The zero-order valence-corrected chi connectivity index (χ0v) is 16.3. The first-order valence-corrected chi connectivity index (χ1v) is 10.2. The molecule has 0 heterocycles. The molecule has 26 heavy (non-hydrogen) atoms. The van der Waals surface area contributed by atoms with E-state index in [4.69, 9.17) is 5.73 Å². The normalized spacial score (nSPS) is 12.2. The van der Waals surface area contributed by atoms with Crippen LogP contribution < -0.4 is 16.3 Å². The highest BCUT2D eigenvalue weighted by molar-refractivity contribution is 7.73. The molecule has 1 amide bonds. The Kier molecular flexibility index (Phi) is 5.54. The largest absolute Gasteiger partial charge is 0.366 e. The maximum Gasteiger partial charge on any atom is 0.248 e. The van der Waals surface area contributed by atoms with Crippen molar-refractivity contribution in [3.8, 4) is 0 Å². The lowest BCUT2D eigenvalue weighted by molar-refractivity contribution is 0.0999. The Morgan fingerprint density at radius 1 is 0.808 bits per heavy atom. The molecule has 1 atom stereocenters. The van der Waals surface area contributed by atoms with Crippen LogP contribution in [0.25, 0.3) is 0 Å². The lowest BCUT2D eigenvalue weighted by Gasteiger charge is -2.28. The van der Waals surface area contributed by atoms with Crippen LogP contribution in [0.3, 0.4) is 0 Å². The minimum absolute atomic E-state index is 0.329. The van der Waals surface area contributed by atoms with Crippen LogP contribution in [0, 0.1) is 13.8 Å². The van der Waals surface area contributed by atoms with Crippen molar-refractivity contribution in [2.75, 3.05) is 0 Å². The minimum atomic E-state index is -0.558. The third-order valence-electron chi connectivity index (χ3n) is 5.00. The second-order valence-corrected chi connectivity index (χ2v) is 9.08. The predicted molar refractivity (Wildman–Crippen MR) is 112 cm³/mol. The van der Waals surface area contributed by atoms with E-state index in [1.165, 1.54) is 16.2 Å². The number of carbonyl (C=O) groups is 1. The van der Waals surface area contributed by atoms with Crippen LogP contribution in [0.1, 0.15) is 39.6 Å². The molecule has 0 radical (unpaired) electrons. The van der Waals surface area contributed by atoms with Crippen molar-refractivity contribution in [3.63, 3.8) is 0 Å². The molecule has 0 aliphatic rings. The Bertz CT molecular complexity index is 867. The molecule has 0 aliphatic carbocycles. The smallest absolute Gasteiger partial charge is 0.248 e. The van der Waals surface area contributed by atoms with Gasteiger partial charge in [-0.15, -0.1) is 0 Å². The highest BCUT2D eigenvalue weighted by Crippen LogP contribution is 2.50. The summed E-state index contributed by atoms with van der Waals surface area (Å²) in [6, 6.07) is 25.4. The van der Waals surface area contributed by atoms with Gasteiger partial charge in [-0.05, 0) is 55.1 Å². The Labute approximate surface area is 156 Å². The van der Waals surface area contributed by atoms with E-state index in [1.807, 2.05) is 13.0 Å². The van der Waals surface area contributed by atoms with Gasteiger partial charge in [0, 0.05) is 11.2 Å². The molecule has 132 valence electrons. The first kappa shape index (κ1) is 18.4. The average molecular weight is 361 g/mol. The van der Waals surface area contributed by atoms with Crippen molar-refractivity contribution in [3.05, 3.63) is 95.1 Å². The van der Waals surface area contributed by atoms with Gasteiger partial charge < -0.3 is 5.73 Å². The number of benzene rings is 3. The topological polar surface area (TPSA) is 43.1 Å². The lowest BCUT2D eigenvalue weighted by Crippen LogP contribution is -2.18. The Balaban J connectivity index is 2.11. The van der Waals surface area contributed by atoms with Crippen LogP contribution in [0.4, 0.5) is 0 Å². The van der Waals surface area contributed by atoms with Gasteiger partial charge in [0.1, 0.15) is 0 Å². The summed E-state index contributed by atoms with van der Waals surface area (Å²) in [4.78, 5) is 11.7. The van der Waals surface area contributed by atoms with Crippen LogP contribution >= 0.6 is 7.92 Å². The van der Waals surface area contributed by atoms with Gasteiger partial charge in [0.15, 0.2) is 0 Å². The molecular formula is C23H24NOP. The third kappa shape index (κ3) is 3.57. The van der Waals surface area contributed by atoms with Crippen molar-refractivity contribution >= 4 is 24.4 Å². The van der Waals surface area contributed by atoms with E-state index in [2.05, 4.69) is 80.6 Å². The molecule has 3 rings (SSSR count). The van der Waals surface area contributed by atoms with Crippen LogP contribution in [-0.2, 0) is 0 Å². The Hall–Kier alpha value is -2.44. The summed E-state index contributed by atoms with van der Waals surface area (Å²) in [5, 5.41) is 2.72. The van der Waals surface area contributed by atoms with Crippen molar-refractivity contribution in [1.29, 1.82) is 0 Å². The number of primary amides is 1. The van der Waals surface area contributed by atoms with Gasteiger partial charge >= 0.3 is 0 Å². The van der Waals surface area contributed by atoms with Crippen molar-refractivity contribution < 1.29 is 4.79 Å². The molecule has 0 saturated heterocycles. The van der Waals surface area contributed by atoms with E-state index in [1.54, 1.807) is 0 Å². The summed E-state index contributed by atoms with van der Waals surface area (Å²) in [6.45, 7) is 6.37. The molecule has 0 aromatic heterocycles. The fourth-order valence-corrected chi connectivity index (χ4v) is 6.21. The highest BCUT2D eigenvalue weighted by Gasteiger charge is 2.24. The van der Waals surface area contributed by atoms with Crippen molar-refractivity contribution in [2.24, 2.45) is 5.73 Å². The summed E-state index contributed by atoms with van der Waals surface area (Å²) < 4.78 is 0. The molecular weight excluding hydrogens is 337 g/mol. The molecule has 3 aromatic carbocycles. The van der Waals surface area contributed by atoms with Crippen molar-refractivity contribution in [1.82, 2.24) is 0 Å². The number of nitrogens with two attached hydrogens (primary N) is 1. The molecule has 2 N–H and O–H groups in total. The molecule has 0 bridgehead atoms. The van der Waals surface area contributed by atoms with Gasteiger partial charge in [-0.2, -0.15) is 0 Å². The molecule has 3 aromatic rings. The molecule has 0 spiro atoms. The fraction of sp³-hybridized carbons (Fsp3) is 0.174. The van der Waals surface area contributed by atoms with Crippen LogP contribution in [-0.4, -0.2) is 5.91 Å². The van der Waals surface area contributed by atoms with E-state index < -0.39 is 7.92 Å². The van der Waals surface area contributed by atoms with E-state index in [0.29, 0.717) is 11.2 Å². The predicted octanol–water partition coefficient (Wildman–Crippen LogP) is 4.60. The quantitative estimate of drug-likeness (QED) is 0.663. The number of hydrogen-bond acceptors (Lipinski definition) is 1. The number of hydrogen-bond donors (Lipinski definition) is 1. The first-order chi connectivity index (χ1) is 12.5. The first-order valence-electron chi connectivity index (χ1n) is 8.80. The van der Waals surface area contributed by atoms with Gasteiger partial charge in [0.2, 0.25) is 5.91 Å². The van der Waals surface area contributed by atoms with E-state index in [9.17, 15) is 4.79 Å². The standard InChI is InChI=1S/C23H24NOP/c1-16-17(2)22(23(24)25)15-14-21(16)18(3)26(19-10-6-4-7-11-19)20-12-8-5-9-13-20/h4-15,18H,1-3H3,(H2,24,25). The zero-order valence-electron chi connectivity index (χ0n) is 15.4. The molecule has 1 unspecified atom stereocenters. The molecule has 0 fully saturated rings. The van der Waals surface area contributed by atoms with Crippen LogP contribution in [0.5, 0.6) is 0 Å². The summed E-state index contributed by atoms with van der Waals surface area (Å²) in [5.41, 5.74) is 9.89. The lowest BCUT2D eigenvalue weighted by atomic mass is 9.96. The molecule has 2 nitrogen and oxygen atoms in total. The van der Waals surface area contributed by atoms with E-state index in [0.717, 1.165) is 11.1 Å². The maximum atomic E-state index is 11.7. The van der Waals surface area contributed by atoms with Crippen LogP contribution in [0.2, 0.25) is 0 Å². The second-order valence-electron chi connectivity index (χ2n) is 6.53. The average Bonchev–Trinajstić information content (AvgIpc) is 2.65. The van der Waals surface area contributed by atoms with E-state index >= 15 is 0 Å². The van der Waals surface area contributed by atoms with Crippen LogP contribution in [0.15, 0.2) is 72.8 Å². The zero-order chi connectivity index (χ0) is 18.7. The van der Waals surface area contributed by atoms with E-state index in [-0.39, 0.29) is 5.91 Å². The second kappa shape index (κ2) is 7.85. The maximum absolute atomic E-state index is 11.7. The molecule has 0 saturated carbocycles. The summed E-state index contributed by atoms with van der Waals surface area (Å²) >= 11 is 0. The highest BCUT2D eigenvalue weighted by atomic mass is 31.1. The monoisotopic (exact) mass is 361 g/mol. The summed E-state index contributed by atoms with van der Waals surface area (Å²) in [6.07, 6.45) is 0. The van der Waals surface area contributed by atoms with Gasteiger partial charge in [-0.25, -0.2) is 0 Å². The number of carbonyl (C=O) groups excluding carboxylic acids is 1.